The van der Waals surface area contributed by atoms with Crippen molar-refractivity contribution in [1.82, 2.24) is 9.97 Å². The minimum Gasteiger partial charge on any atom is -0.348 e. The fourth-order valence-electron chi connectivity index (χ4n) is 2.66. The van der Waals surface area contributed by atoms with Gasteiger partial charge in [-0.2, -0.15) is 0 Å². The molecule has 1 N–H and O–H groups in total. The van der Waals surface area contributed by atoms with Crippen molar-refractivity contribution < 1.29 is 0 Å². The van der Waals surface area contributed by atoms with Gasteiger partial charge in [0.1, 0.15) is 0 Å². The van der Waals surface area contributed by atoms with Crippen LogP contribution in [-0.4, -0.2) is 9.97 Å². The molecule has 0 radical (unpaired) electrons. The SMILES string of the molecule is CCCCCC1=CCC(Cc2cnc[nH]2)CC1. The minimum atomic E-state index is 0.824. The van der Waals surface area contributed by atoms with E-state index in [-0.39, 0.29) is 0 Å². The normalized spacial score (nSPS) is 20.3. The molecule has 1 heterocycles. The number of allylic oxidation sites excluding steroid dienone is 2. The number of imidazole rings is 1. The molecule has 94 valence electrons. The van der Waals surface area contributed by atoms with Crippen LogP contribution < -0.4 is 0 Å². The molecule has 2 rings (SSSR count). The van der Waals surface area contributed by atoms with E-state index in [0.717, 1.165) is 5.92 Å². The van der Waals surface area contributed by atoms with Crippen LogP contribution in [0.5, 0.6) is 0 Å². The molecular weight excluding hydrogens is 208 g/mol. The lowest BCUT2D eigenvalue weighted by molar-refractivity contribution is 0.455. The monoisotopic (exact) mass is 232 g/mol. The summed E-state index contributed by atoms with van der Waals surface area (Å²) in [5.41, 5.74) is 3.00. The second-order valence-electron chi connectivity index (χ2n) is 5.24. The summed E-state index contributed by atoms with van der Waals surface area (Å²) in [5, 5.41) is 0. The zero-order valence-corrected chi connectivity index (χ0v) is 10.9. The standard InChI is InChI=1S/C15H24N2/c1-2-3-4-5-13-6-8-14(9-7-13)10-15-11-16-12-17-15/h6,11-12,14H,2-5,7-10H2,1H3,(H,16,17). The first kappa shape index (κ1) is 12.4. The Hall–Kier alpha value is -1.05. The van der Waals surface area contributed by atoms with Crippen molar-refractivity contribution in [3.05, 3.63) is 29.9 Å². The molecule has 0 fully saturated rings. The number of unbranched alkanes of at least 4 members (excludes halogenated alkanes) is 2. The van der Waals surface area contributed by atoms with Crippen molar-refractivity contribution in [2.24, 2.45) is 5.92 Å². The summed E-state index contributed by atoms with van der Waals surface area (Å²) in [6, 6.07) is 0. The smallest absolute Gasteiger partial charge is 0.0921 e. The summed E-state index contributed by atoms with van der Waals surface area (Å²) in [6.07, 6.45) is 16.8. The van der Waals surface area contributed by atoms with E-state index in [1.807, 2.05) is 6.20 Å². The van der Waals surface area contributed by atoms with Crippen LogP contribution in [0, 0.1) is 5.92 Å². The molecule has 0 saturated heterocycles. The maximum absolute atomic E-state index is 4.08. The second kappa shape index (κ2) is 6.63. The van der Waals surface area contributed by atoms with Crippen molar-refractivity contribution in [2.45, 2.75) is 58.3 Å². The number of H-pyrrole nitrogens is 1. The van der Waals surface area contributed by atoms with Gasteiger partial charge in [0.15, 0.2) is 0 Å². The highest BCUT2D eigenvalue weighted by atomic mass is 14.9. The van der Waals surface area contributed by atoms with Crippen LogP contribution in [0.25, 0.3) is 0 Å². The van der Waals surface area contributed by atoms with Crippen molar-refractivity contribution >= 4 is 0 Å². The molecular formula is C15H24N2. The zero-order valence-electron chi connectivity index (χ0n) is 10.9. The van der Waals surface area contributed by atoms with E-state index in [2.05, 4.69) is 23.0 Å². The number of hydrogen-bond acceptors (Lipinski definition) is 1. The fourth-order valence-corrected chi connectivity index (χ4v) is 2.66. The van der Waals surface area contributed by atoms with E-state index in [1.165, 1.54) is 57.1 Å². The third-order valence-electron chi connectivity index (χ3n) is 3.78. The van der Waals surface area contributed by atoms with Crippen molar-refractivity contribution in [3.63, 3.8) is 0 Å². The van der Waals surface area contributed by atoms with Crippen molar-refractivity contribution in [2.75, 3.05) is 0 Å². The van der Waals surface area contributed by atoms with Crippen LogP contribution in [0.15, 0.2) is 24.2 Å². The summed E-state index contributed by atoms with van der Waals surface area (Å²) >= 11 is 0. The number of nitrogens with one attached hydrogen (secondary N) is 1. The first-order valence-corrected chi connectivity index (χ1v) is 7.03. The Kier molecular flexibility index (Phi) is 4.84. The van der Waals surface area contributed by atoms with E-state index in [0.29, 0.717) is 0 Å². The Bertz CT molecular complexity index is 338. The first-order chi connectivity index (χ1) is 8.38. The van der Waals surface area contributed by atoms with Crippen LogP contribution >= 0.6 is 0 Å². The Morgan fingerprint density at radius 3 is 3.00 bits per heavy atom. The Labute approximate surface area is 105 Å². The van der Waals surface area contributed by atoms with Gasteiger partial charge in [0.2, 0.25) is 0 Å². The minimum absolute atomic E-state index is 0.824. The third kappa shape index (κ3) is 4.03. The molecule has 1 aliphatic carbocycles. The molecule has 1 aromatic heterocycles. The molecule has 1 aromatic rings. The molecule has 0 spiro atoms. The summed E-state index contributed by atoms with van der Waals surface area (Å²) < 4.78 is 0. The Morgan fingerprint density at radius 1 is 1.41 bits per heavy atom. The zero-order chi connectivity index (χ0) is 11.9. The first-order valence-electron chi connectivity index (χ1n) is 7.03. The highest BCUT2D eigenvalue weighted by Crippen LogP contribution is 2.28. The quantitative estimate of drug-likeness (QED) is 0.576. The summed E-state index contributed by atoms with van der Waals surface area (Å²) in [7, 11) is 0. The molecule has 0 bridgehead atoms. The number of aromatic nitrogens is 2. The van der Waals surface area contributed by atoms with Gasteiger partial charge in [0.05, 0.1) is 6.33 Å². The summed E-state index contributed by atoms with van der Waals surface area (Å²) in [5.74, 6) is 0.824. The van der Waals surface area contributed by atoms with Crippen LogP contribution in [0.2, 0.25) is 0 Å². The molecule has 1 aliphatic rings. The number of rotatable bonds is 6. The van der Waals surface area contributed by atoms with Crippen molar-refractivity contribution in [3.8, 4) is 0 Å². The molecule has 0 saturated carbocycles. The van der Waals surface area contributed by atoms with Gasteiger partial charge in [-0.3, -0.25) is 0 Å². The number of aromatic amines is 1. The van der Waals surface area contributed by atoms with Gasteiger partial charge >= 0.3 is 0 Å². The molecule has 0 amide bonds. The summed E-state index contributed by atoms with van der Waals surface area (Å²) in [4.78, 5) is 7.29. The lowest BCUT2D eigenvalue weighted by Crippen LogP contribution is -2.09. The van der Waals surface area contributed by atoms with Crippen LogP contribution in [0.1, 0.15) is 57.6 Å². The predicted molar refractivity (Wildman–Crippen MR) is 71.9 cm³/mol. The third-order valence-corrected chi connectivity index (χ3v) is 3.78. The van der Waals surface area contributed by atoms with E-state index in [9.17, 15) is 0 Å². The van der Waals surface area contributed by atoms with E-state index in [1.54, 1.807) is 11.9 Å². The number of nitrogens with zero attached hydrogens (tertiary/aromatic N) is 1. The predicted octanol–water partition coefficient (Wildman–Crippen LogP) is 4.26. The topological polar surface area (TPSA) is 28.7 Å². The molecule has 1 unspecified atom stereocenters. The molecule has 0 aliphatic heterocycles. The Morgan fingerprint density at radius 2 is 2.35 bits per heavy atom. The average Bonchev–Trinajstić information content (AvgIpc) is 2.85. The van der Waals surface area contributed by atoms with Crippen LogP contribution in [0.3, 0.4) is 0 Å². The van der Waals surface area contributed by atoms with Gasteiger partial charge in [0, 0.05) is 11.9 Å². The van der Waals surface area contributed by atoms with E-state index < -0.39 is 0 Å². The van der Waals surface area contributed by atoms with Gasteiger partial charge in [-0.05, 0) is 44.4 Å². The van der Waals surface area contributed by atoms with Crippen molar-refractivity contribution in [1.29, 1.82) is 0 Å². The molecule has 2 heteroatoms. The maximum atomic E-state index is 4.08. The lowest BCUT2D eigenvalue weighted by Gasteiger charge is -2.21. The van der Waals surface area contributed by atoms with E-state index >= 15 is 0 Å². The van der Waals surface area contributed by atoms with Crippen LogP contribution in [0.4, 0.5) is 0 Å². The second-order valence-corrected chi connectivity index (χ2v) is 5.24. The molecule has 0 aromatic carbocycles. The van der Waals surface area contributed by atoms with Gasteiger partial charge in [-0.1, -0.05) is 31.4 Å². The highest BCUT2D eigenvalue weighted by Gasteiger charge is 2.15. The van der Waals surface area contributed by atoms with E-state index in [4.69, 9.17) is 0 Å². The molecule has 17 heavy (non-hydrogen) atoms. The molecule has 2 nitrogen and oxygen atoms in total. The maximum Gasteiger partial charge on any atom is 0.0921 e. The van der Waals surface area contributed by atoms with Gasteiger partial charge in [-0.15, -0.1) is 0 Å². The highest BCUT2D eigenvalue weighted by molar-refractivity contribution is 5.08. The summed E-state index contributed by atoms with van der Waals surface area (Å²) in [6.45, 7) is 2.27. The average molecular weight is 232 g/mol. The van der Waals surface area contributed by atoms with Gasteiger partial charge < -0.3 is 4.98 Å². The van der Waals surface area contributed by atoms with Gasteiger partial charge in [0.25, 0.3) is 0 Å². The van der Waals surface area contributed by atoms with Crippen LogP contribution in [-0.2, 0) is 6.42 Å². The molecule has 1 atom stereocenters. The fraction of sp³-hybridized carbons (Fsp3) is 0.667. The van der Waals surface area contributed by atoms with Gasteiger partial charge in [-0.25, -0.2) is 4.98 Å². The number of hydrogen-bond donors (Lipinski definition) is 1. The largest absolute Gasteiger partial charge is 0.348 e. The lowest BCUT2D eigenvalue weighted by atomic mass is 9.85. The Balaban J connectivity index is 1.72.